The molecule has 5 N–H and O–H groups in total. The number of aromatic nitrogens is 1. The minimum absolute atomic E-state index is 0.0807. The monoisotopic (exact) mass is 413 g/mol. The lowest BCUT2D eigenvalue weighted by Crippen LogP contribution is -2.22. The number of aliphatic hydroxyl groups excluding tert-OH is 1. The lowest BCUT2D eigenvalue weighted by atomic mass is 9.95. The van der Waals surface area contributed by atoms with Crippen molar-refractivity contribution in [3.8, 4) is 0 Å². The molecule has 1 atom stereocenters. The molecule has 0 saturated heterocycles. The molecule has 8 heteroatoms. The summed E-state index contributed by atoms with van der Waals surface area (Å²) in [5.41, 5.74) is 9.13. The van der Waals surface area contributed by atoms with Crippen molar-refractivity contribution in [3.05, 3.63) is 52.0 Å². The van der Waals surface area contributed by atoms with Crippen molar-refractivity contribution in [3.63, 3.8) is 0 Å². The summed E-state index contributed by atoms with van der Waals surface area (Å²) in [5, 5.41) is 14.2. The van der Waals surface area contributed by atoms with Gasteiger partial charge in [0.25, 0.3) is 5.91 Å². The molecule has 1 unspecified atom stereocenters. The Morgan fingerprint density at radius 2 is 2.07 bits per heavy atom. The van der Waals surface area contributed by atoms with Crippen molar-refractivity contribution in [2.24, 2.45) is 5.73 Å². The Bertz CT molecular complexity index is 1050. The molecule has 1 aliphatic carbocycles. The topological polar surface area (TPSA) is 117 Å². The number of hydrogen-bond acceptors (Lipinski definition) is 6. The molecule has 4 rings (SSSR count). The zero-order valence-electron chi connectivity index (χ0n) is 15.9. The van der Waals surface area contributed by atoms with E-state index in [1.54, 1.807) is 6.20 Å². The number of aromatic amines is 1. The number of thiophene rings is 1. The van der Waals surface area contributed by atoms with E-state index in [4.69, 9.17) is 10.5 Å². The predicted octanol–water partition coefficient (Wildman–Crippen LogP) is 2.78. The zero-order valence-corrected chi connectivity index (χ0v) is 16.7. The number of rotatable bonds is 6. The maximum atomic E-state index is 12.3. The fourth-order valence-corrected chi connectivity index (χ4v) is 5.14. The first kappa shape index (κ1) is 19.6. The molecule has 3 aromatic rings. The first-order valence-electron chi connectivity index (χ1n) is 9.61. The minimum Gasteiger partial charge on any atom is -0.455 e. The summed E-state index contributed by atoms with van der Waals surface area (Å²) in [6, 6.07) is 7.68. The molecule has 1 amide bonds. The number of carbonyl (C=O) groups excluding carboxylic acids is 2. The largest absolute Gasteiger partial charge is 0.455 e. The van der Waals surface area contributed by atoms with Crippen LogP contribution in [0.5, 0.6) is 0 Å². The first-order chi connectivity index (χ1) is 14.0. The second-order valence-electron chi connectivity index (χ2n) is 7.14. The molecule has 0 bridgehead atoms. The molecule has 7 nitrogen and oxygen atoms in total. The van der Waals surface area contributed by atoms with E-state index in [-0.39, 0.29) is 13.0 Å². The molecule has 29 heavy (non-hydrogen) atoms. The van der Waals surface area contributed by atoms with Crippen LogP contribution in [-0.2, 0) is 33.6 Å². The second-order valence-corrected chi connectivity index (χ2v) is 8.25. The highest BCUT2D eigenvalue weighted by Gasteiger charge is 2.25. The number of H-pyrrole nitrogens is 1. The Kier molecular flexibility index (Phi) is 5.66. The summed E-state index contributed by atoms with van der Waals surface area (Å²) in [5.74, 6) is -0.924. The van der Waals surface area contributed by atoms with Crippen LogP contribution in [-0.4, -0.2) is 28.6 Å². The number of nitrogens with two attached hydrogens (primary N) is 1. The lowest BCUT2D eigenvalue weighted by Gasteiger charge is -2.14. The number of amides is 1. The van der Waals surface area contributed by atoms with Gasteiger partial charge in [0.15, 0.2) is 6.61 Å². The third kappa shape index (κ3) is 4.19. The number of carbonyl (C=O) groups is 2. The van der Waals surface area contributed by atoms with Gasteiger partial charge in [-0.2, -0.15) is 0 Å². The third-order valence-electron chi connectivity index (χ3n) is 5.13. The van der Waals surface area contributed by atoms with Crippen LogP contribution in [0.25, 0.3) is 10.9 Å². The van der Waals surface area contributed by atoms with E-state index >= 15 is 0 Å². The molecule has 2 heterocycles. The molecule has 0 aliphatic heterocycles. The average Bonchev–Trinajstić information content (AvgIpc) is 3.27. The molecule has 2 aromatic heterocycles. The molecular weight excluding hydrogens is 390 g/mol. The summed E-state index contributed by atoms with van der Waals surface area (Å²) < 4.78 is 5.15. The number of hydrogen-bond donors (Lipinski definition) is 4. The molecule has 0 radical (unpaired) electrons. The van der Waals surface area contributed by atoms with Gasteiger partial charge in [-0.3, -0.25) is 9.59 Å². The van der Waals surface area contributed by atoms with Crippen molar-refractivity contribution < 1.29 is 19.4 Å². The number of anilines is 1. The smallest absolute Gasteiger partial charge is 0.310 e. The highest BCUT2D eigenvalue weighted by atomic mass is 32.1. The van der Waals surface area contributed by atoms with Crippen molar-refractivity contribution in [1.82, 2.24) is 4.98 Å². The summed E-state index contributed by atoms with van der Waals surface area (Å²) in [6.45, 7) is -0.385. The summed E-state index contributed by atoms with van der Waals surface area (Å²) in [7, 11) is 0. The van der Waals surface area contributed by atoms with Crippen molar-refractivity contribution in [2.45, 2.75) is 38.3 Å². The van der Waals surface area contributed by atoms with Crippen molar-refractivity contribution in [1.29, 1.82) is 0 Å². The number of aliphatic hydroxyl groups is 1. The molecule has 152 valence electrons. The summed E-state index contributed by atoms with van der Waals surface area (Å²) in [6.07, 6.45) is 4.62. The number of fused-ring (bicyclic) bond motifs is 2. The molecule has 0 fully saturated rings. The van der Waals surface area contributed by atoms with Gasteiger partial charge in [0.2, 0.25) is 0 Å². The summed E-state index contributed by atoms with van der Waals surface area (Å²) >= 11 is 1.44. The zero-order chi connectivity index (χ0) is 20.4. The van der Waals surface area contributed by atoms with Crippen LogP contribution in [0.1, 0.15) is 40.6 Å². The van der Waals surface area contributed by atoms with Gasteiger partial charge in [-0.25, -0.2) is 0 Å². The molecule has 0 spiro atoms. The second kappa shape index (κ2) is 8.36. The minimum atomic E-state index is -1.15. The quantitative estimate of drug-likeness (QED) is 0.366. The standard InChI is InChI=1S/C21H23N3O4S/c22-20(27)19-14-6-2-4-8-16(14)29-21(19)24-17(25)11-28-18(26)9-12-10-23-15-7-3-1-5-13(12)15/h1,3,5,7,10,20,23,27H,2,4,6,8-9,11,22H2,(H,24,25). The third-order valence-corrected chi connectivity index (χ3v) is 6.36. The van der Waals surface area contributed by atoms with Gasteiger partial charge >= 0.3 is 5.97 Å². The van der Waals surface area contributed by atoms with Crippen LogP contribution in [0.15, 0.2) is 30.5 Å². The van der Waals surface area contributed by atoms with E-state index in [0.717, 1.165) is 52.6 Å². The lowest BCUT2D eigenvalue weighted by molar-refractivity contribution is -0.146. The van der Waals surface area contributed by atoms with Gasteiger partial charge < -0.3 is 25.9 Å². The number of nitrogens with one attached hydrogen (secondary N) is 2. The van der Waals surface area contributed by atoms with Gasteiger partial charge in [-0.1, -0.05) is 18.2 Å². The highest BCUT2D eigenvalue weighted by molar-refractivity contribution is 7.16. The molecule has 0 saturated carbocycles. The predicted molar refractivity (Wildman–Crippen MR) is 112 cm³/mol. The summed E-state index contributed by atoms with van der Waals surface area (Å²) in [4.78, 5) is 28.7. The maximum absolute atomic E-state index is 12.3. The van der Waals surface area contributed by atoms with Gasteiger partial charge in [0.05, 0.1) is 6.42 Å². The van der Waals surface area contributed by atoms with E-state index in [1.165, 1.54) is 11.3 Å². The highest BCUT2D eigenvalue weighted by Crippen LogP contribution is 2.40. The number of aryl methyl sites for hydroxylation is 1. The Hall–Kier alpha value is -2.68. The van der Waals surface area contributed by atoms with Crippen LogP contribution in [0.4, 0.5) is 5.00 Å². The van der Waals surface area contributed by atoms with E-state index in [0.29, 0.717) is 10.6 Å². The van der Waals surface area contributed by atoms with E-state index in [1.807, 2.05) is 24.3 Å². The average molecular weight is 413 g/mol. The number of benzene rings is 1. The maximum Gasteiger partial charge on any atom is 0.310 e. The Morgan fingerprint density at radius 3 is 2.90 bits per heavy atom. The fourth-order valence-electron chi connectivity index (χ4n) is 3.79. The van der Waals surface area contributed by atoms with Crippen LogP contribution >= 0.6 is 11.3 Å². The Morgan fingerprint density at radius 1 is 1.28 bits per heavy atom. The Labute approximate surface area is 171 Å². The van der Waals surface area contributed by atoms with Crippen molar-refractivity contribution >= 4 is 39.1 Å². The van der Waals surface area contributed by atoms with E-state index in [2.05, 4.69) is 10.3 Å². The van der Waals surface area contributed by atoms with Gasteiger partial charge in [0.1, 0.15) is 11.2 Å². The van der Waals surface area contributed by atoms with Crippen LogP contribution < -0.4 is 11.1 Å². The fraction of sp³-hybridized carbons (Fsp3) is 0.333. The molecule has 1 aromatic carbocycles. The number of esters is 1. The number of ether oxygens (including phenoxy) is 1. The Balaban J connectivity index is 1.37. The van der Waals surface area contributed by atoms with Gasteiger partial charge in [0, 0.05) is 27.5 Å². The van der Waals surface area contributed by atoms with E-state index in [9.17, 15) is 14.7 Å². The van der Waals surface area contributed by atoms with Crippen LogP contribution in [0.3, 0.4) is 0 Å². The van der Waals surface area contributed by atoms with Crippen LogP contribution in [0.2, 0.25) is 0 Å². The van der Waals surface area contributed by atoms with Crippen LogP contribution in [0, 0.1) is 0 Å². The normalized spacial score (nSPS) is 14.4. The van der Waals surface area contributed by atoms with Gasteiger partial charge in [-0.05, 0) is 42.9 Å². The van der Waals surface area contributed by atoms with E-state index < -0.39 is 18.1 Å². The molecular formula is C21H23N3O4S. The number of para-hydroxylation sites is 1. The van der Waals surface area contributed by atoms with Gasteiger partial charge in [-0.15, -0.1) is 11.3 Å². The molecule has 1 aliphatic rings. The SMILES string of the molecule is NC(O)c1c(NC(=O)COC(=O)Cc2c[nH]c3ccccc23)sc2c1CCCC2. The first-order valence-corrected chi connectivity index (χ1v) is 10.4. The van der Waals surface area contributed by atoms with Crippen molar-refractivity contribution in [2.75, 3.05) is 11.9 Å².